The van der Waals surface area contributed by atoms with Crippen LogP contribution in [0.15, 0.2) is 16.9 Å². The smallest absolute Gasteiger partial charge is 0.109 e. The minimum Gasteiger partial charge on any atom is -0.471 e. The molecule has 1 saturated heterocycles. The van der Waals surface area contributed by atoms with Crippen LogP contribution in [0.2, 0.25) is 0 Å². The lowest BCUT2D eigenvalue weighted by molar-refractivity contribution is 0.460. The third-order valence-electron chi connectivity index (χ3n) is 4.42. The molecule has 1 aliphatic carbocycles. The Labute approximate surface area is 113 Å². The summed E-state index contributed by atoms with van der Waals surface area (Å²) in [7, 11) is 0. The molecule has 2 aliphatic heterocycles. The molecule has 0 aromatic heterocycles. The zero-order valence-electron chi connectivity index (χ0n) is 11.4. The van der Waals surface area contributed by atoms with Gasteiger partial charge < -0.3 is 9.73 Å². The third kappa shape index (κ3) is 1.84. The second kappa shape index (κ2) is 4.71. The second-order valence-electron chi connectivity index (χ2n) is 5.37. The number of hydrogen-bond acceptors (Lipinski definition) is 3. The van der Waals surface area contributed by atoms with Crippen molar-refractivity contribution in [3.05, 3.63) is 34.8 Å². The molecule has 0 bridgehead atoms. The van der Waals surface area contributed by atoms with Crippen LogP contribution in [0.3, 0.4) is 0 Å². The summed E-state index contributed by atoms with van der Waals surface area (Å²) < 4.78 is 5.31. The molecular weight excluding hydrogens is 236 g/mol. The van der Waals surface area contributed by atoms with E-state index in [0.717, 1.165) is 37.1 Å². The lowest BCUT2D eigenvalue weighted by Crippen LogP contribution is -2.27. The fraction of sp³-hybridized carbons (Fsp3) is 0.438. The normalized spacial score (nSPS) is 16.7. The number of nitriles is 1. The summed E-state index contributed by atoms with van der Waals surface area (Å²) >= 11 is 0. The van der Waals surface area contributed by atoms with E-state index in [1.807, 2.05) is 0 Å². The van der Waals surface area contributed by atoms with Gasteiger partial charge in [-0.3, -0.25) is 0 Å². The van der Waals surface area contributed by atoms with Crippen LogP contribution in [0.5, 0.6) is 0 Å². The van der Waals surface area contributed by atoms with Crippen molar-refractivity contribution in [1.29, 1.82) is 5.26 Å². The molecule has 3 nitrogen and oxygen atoms in total. The number of hydrogen-bond donors (Lipinski definition) is 1. The van der Waals surface area contributed by atoms with Crippen molar-refractivity contribution in [2.24, 2.45) is 0 Å². The fourth-order valence-corrected chi connectivity index (χ4v) is 3.29. The van der Waals surface area contributed by atoms with Crippen LogP contribution in [0.25, 0.3) is 11.1 Å². The van der Waals surface area contributed by atoms with Crippen LogP contribution >= 0.6 is 0 Å². The molecule has 0 amide bonds. The Morgan fingerprint density at radius 3 is 2.63 bits per heavy atom. The van der Waals surface area contributed by atoms with Crippen molar-refractivity contribution in [2.45, 2.75) is 32.6 Å². The Morgan fingerprint density at radius 2 is 1.95 bits per heavy atom. The average Bonchev–Trinajstić information content (AvgIpc) is 2.72. The van der Waals surface area contributed by atoms with Gasteiger partial charge in [0, 0.05) is 11.1 Å². The van der Waals surface area contributed by atoms with Gasteiger partial charge in [0.05, 0.1) is 11.8 Å². The van der Waals surface area contributed by atoms with Gasteiger partial charge in [-0.2, -0.15) is 5.26 Å². The summed E-state index contributed by atoms with van der Waals surface area (Å²) in [4.78, 5) is 0. The van der Waals surface area contributed by atoms with Crippen LogP contribution in [-0.2, 0) is 0 Å². The first kappa shape index (κ1) is 12.3. The monoisotopic (exact) mass is 254 g/mol. The largest absolute Gasteiger partial charge is 0.471 e. The Kier molecular flexibility index (Phi) is 3.04. The van der Waals surface area contributed by atoms with Gasteiger partial charge in [0.2, 0.25) is 0 Å². The van der Waals surface area contributed by atoms with Gasteiger partial charge >= 0.3 is 0 Å². The van der Waals surface area contributed by atoms with Crippen molar-refractivity contribution < 1.29 is 4.42 Å². The molecule has 1 fully saturated rings. The molecule has 0 radical (unpaired) electrons. The summed E-state index contributed by atoms with van der Waals surface area (Å²) in [6, 6.07) is 2.28. The number of nitrogens with one attached hydrogen (secondary N) is 1. The highest BCUT2D eigenvalue weighted by atomic mass is 16.3. The van der Waals surface area contributed by atoms with E-state index in [1.165, 1.54) is 16.7 Å². The molecule has 0 spiro atoms. The molecule has 0 saturated carbocycles. The predicted octanol–water partition coefficient (Wildman–Crippen LogP) is 3.34. The number of fused-ring (bicyclic) bond motifs is 1. The first-order valence-corrected chi connectivity index (χ1v) is 6.83. The van der Waals surface area contributed by atoms with Gasteiger partial charge in [-0.1, -0.05) is 0 Å². The number of piperidine rings is 1. The van der Waals surface area contributed by atoms with Crippen LogP contribution in [0, 0.1) is 25.2 Å². The van der Waals surface area contributed by atoms with Crippen molar-refractivity contribution in [3.8, 4) is 17.2 Å². The van der Waals surface area contributed by atoms with Crippen LogP contribution < -0.4 is 5.32 Å². The molecule has 0 unspecified atom stereocenters. The van der Waals surface area contributed by atoms with Gasteiger partial charge in [0.15, 0.2) is 0 Å². The topological polar surface area (TPSA) is 49.0 Å². The zero-order chi connectivity index (χ0) is 13.4. The molecule has 3 heteroatoms. The Bertz CT molecular complexity index is 615. The molecule has 3 aliphatic rings. The third-order valence-corrected chi connectivity index (χ3v) is 4.42. The van der Waals surface area contributed by atoms with E-state index in [-0.39, 0.29) is 0 Å². The molecular formula is C16H18N2O. The Hall–Kier alpha value is -1.79. The van der Waals surface area contributed by atoms with Gasteiger partial charge in [-0.15, -0.1) is 0 Å². The predicted molar refractivity (Wildman–Crippen MR) is 74.4 cm³/mol. The first-order chi connectivity index (χ1) is 9.24. The van der Waals surface area contributed by atoms with Gasteiger partial charge in [-0.05, 0) is 62.4 Å². The number of nitrogens with zero attached hydrogens (tertiary/aromatic N) is 1. The molecule has 98 valence electrons. The van der Waals surface area contributed by atoms with Crippen molar-refractivity contribution >= 4 is 0 Å². The Balaban J connectivity index is 2.22. The lowest BCUT2D eigenvalue weighted by atomic mass is 9.86. The molecule has 0 aromatic rings. The van der Waals surface area contributed by atoms with Crippen LogP contribution in [-0.4, -0.2) is 13.1 Å². The van der Waals surface area contributed by atoms with Gasteiger partial charge in [-0.25, -0.2) is 0 Å². The highest BCUT2D eigenvalue weighted by Gasteiger charge is 2.28. The number of rotatable bonds is 1. The molecule has 0 atom stereocenters. The van der Waals surface area contributed by atoms with E-state index in [0.29, 0.717) is 11.5 Å². The van der Waals surface area contributed by atoms with E-state index >= 15 is 0 Å². The van der Waals surface area contributed by atoms with Crippen LogP contribution in [0.4, 0.5) is 0 Å². The van der Waals surface area contributed by atoms with Crippen molar-refractivity contribution in [1.82, 2.24) is 5.32 Å². The molecule has 1 N–H and O–H groups in total. The summed E-state index contributed by atoms with van der Waals surface area (Å²) in [5.74, 6) is 0.562. The maximum absolute atomic E-state index is 9.34. The first-order valence-electron chi connectivity index (χ1n) is 6.83. The van der Waals surface area contributed by atoms with E-state index in [9.17, 15) is 5.26 Å². The SMILES string of the molecule is Cc1c2cocc(C#N)c-2c(C2CCNCC2)c1C. The average molecular weight is 254 g/mol. The lowest BCUT2D eigenvalue weighted by Gasteiger charge is -2.24. The second-order valence-corrected chi connectivity index (χ2v) is 5.37. The van der Waals surface area contributed by atoms with Crippen molar-refractivity contribution in [2.75, 3.05) is 13.1 Å². The molecule has 3 rings (SSSR count). The van der Waals surface area contributed by atoms with Crippen molar-refractivity contribution in [3.63, 3.8) is 0 Å². The quantitative estimate of drug-likeness (QED) is 0.849. The van der Waals surface area contributed by atoms with Crippen LogP contribution in [0.1, 0.15) is 41.0 Å². The summed E-state index contributed by atoms with van der Waals surface area (Å²) in [5, 5.41) is 12.7. The maximum atomic E-state index is 9.34. The summed E-state index contributed by atoms with van der Waals surface area (Å²) in [6.07, 6.45) is 5.65. The fourth-order valence-electron chi connectivity index (χ4n) is 3.29. The Morgan fingerprint density at radius 1 is 1.21 bits per heavy atom. The van der Waals surface area contributed by atoms with E-state index in [1.54, 1.807) is 12.5 Å². The minimum absolute atomic E-state index is 0.562. The molecule has 0 aromatic carbocycles. The van der Waals surface area contributed by atoms with E-state index in [4.69, 9.17) is 4.42 Å². The molecule has 19 heavy (non-hydrogen) atoms. The molecule has 2 heterocycles. The minimum atomic E-state index is 0.562. The zero-order valence-corrected chi connectivity index (χ0v) is 11.4. The highest BCUT2D eigenvalue weighted by molar-refractivity contribution is 5.82. The van der Waals surface area contributed by atoms with E-state index < -0.39 is 0 Å². The maximum Gasteiger partial charge on any atom is 0.109 e. The van der Waals surface area contributed by atoms with Gasteiger partial charge in [0.1, 0.15) is 12.3 Å². The van der Waals surface area contributed by atoms with E-state index in [2.05, 4.69) is 25.2 Å². The van der Waals surface area contributed by atoms with Gasteiger partial charge in [0.25, 0.3) is 0 Å². The summed E-state index contributed by atoms with van der Waals surface area (Å²) in [6.45, 7) is 6.43. The summed E-state index contributed by atoms with van der Waals surface area (Å²) in [5.41, 5.74) is 6.86. The highest BCUT2D eigenvalue weighted by Crippen LogP contribution is 2.44. The standard InChI is InChI=1S/C16H18N2O/c1-10-11(2)15(12-3-5-18-6-4-12)16-13(7-17)8-19-9-14(10)16/h8-9,12,18H,3-6H2,1-2H3.